The van der Waals surface area contributed by atoms with Gasteiger partial charge in [-0.2, -0.15) is 0 Å². The van der Waals surface area contributed by atoms with Gasteiger partial charge in [-0.05, 0) is 30.0 Å². The third kappa shape index (κ3) is 4.01. The van der Waals surface area contributed by atoms with Gasteiger partial charge in [-0.3, -0.25) is 0 Å². The van der Waals surface area contributed by atoms with Crippen molar-refractivity contribution in [3.8, 4) is 5.75 Å². The van der Waals surface area contributed by atoms with Crippen LogP contribution in [0.1, 0.15) is 24.5 Å². The molecule has 22 heavy (non-hydrogen) atoms. The molecule has 0 fully saturated rings. The van der Waals surface area contributed by atoms with E-state index in [2.05, 4.69) is 0 Å². The third-order valence-corrected chi connectivity index (χ3v) is 4.49. The number of aliphatic hydroxyl groups is 1. The molecule has 0 saturated carbocycles. The summed E-state index contributed by atoms with van der Waals surface area (Å²) < 4.78 is 0. The molecule has 0 amide bonds. The maximum atomic E-state index is 10.7. The molecule has 1 unspecified atom stereocenters. The number of rotatable bonds is 6. The molecule has 0 saturated heterocycles. The van der Waals surface area contributed by atoms with Gasteiger partial charge in [0.25, 0.3) is 0 Å². The molecule has 4 N–H and O–H groups in total. The van der Waals surface area contributed by atoms with E-state index in [1.165, 1.54) is 6.07 Å². The van der Waals surface area contributed by atoms with Crippen LogP contribution in [0.2, 0.25) is 5.02 Å². The number of phenols is 1. The van der Waals surface area contributed by atoms with Crippen molar-refractivity contribution < 1.29 is 10.2 Å². The number of phenolic OH excluding ortho intramolecular Hbond substituents is 1. The van der Waals surface area contributed by atoms with E-state index in [0.29, 0.717) is 12.0 Å². The molecule has 118 valence electrons. The zero-order chi connectivity index (χ0) is 16.2. The standard InChI is InChI=1S/C18H22ClNO2/c1-2-15(11-13-7-4-3-5-8-13)18(20,22)12-14-9-6-10-16(21)17(14)19/h3-10,15,21-22H,2,11-12,20H2,1H3/t15?,18-/m1/s1. The normalized spacial score (nSPS) is 15.3. The predicted octanol–water partition coefficient (Wildman–Crippen LogP) is 3.50. The molecule has 0 aromatic heterocycles. The SMILES string of the molecule is CCC(Cc1ccccc1)[C@](N)(O)Cc1cccc(O)c1Cl. The van der Waals surface area contributed by atoms with Crippen molar-refractivity contribution in [1.29, 1.82) is 0 Å². The molecule has 4 heteroatoms. The van der Waals surface area contributed by atoms with E-state index in [1.807, 2.05) is 37.3 Å². The molecule has 3 nitrogen and oxygen atoms in total. The van der Waals surface area contributed by atoms with Crippen LogP contribution in [0.3, 0.4) is 0 Å². The van der Waals surface area contributed by atoms with Gasteiger partial charge < -0.3 is 15.9 Å². The molecule has 0 spiro atoms. The first-order chi connectivity index (χ1) is 10.4. The summed E-state index contributed by atoms with van der Waals surface area (Å²) in [6.07, 6.45) is 1.64. The first-order valence-electron chi connectivity index (χ1n) is 7.45. The maximum absolute atomic E-state index is 10.7. The summed E-state index contributed by atoms with van der Waals surface area (Å²) in [6, 6.07) is 15.0. The van der Waals surface area contributed by atoms with Crippen LogP contribution in [-0.4, -0.2) is 15.9 Å². The van der Waals surface area contributed by atoms with Crippen molar-refractivity contribution in [2.24, 2.45) is 11.7 Å². The topological polar surface area (TPSA) is 66.5 Å². The minimum Gasteiger partial charge on any atom is -0.506 e. The molecule has 2 rings (SSSR count). The van der Waals surface area contributed by atoms with Crippen LogP contribution in [0.15, 0.2) is 48.5 Å². The Bertz CT molecular complexity index is 614. The van der Waals surface area contributed by atoms with E-state index >= 15 is 0 Å². The number of benzene rings is 2. The molecule has 2 aromatic carbocycles. The van der Waals surface area contributed by atoms with Crippen molar-refractivity contribution in [2.45, 2.75) is 31.9 Å². The minimum atomic E-state index is -1.39. The average Bonchev–Trinajstić information content (AvgIpc) is 2.50. The first kappa shape index (κ1) is 16.8. The highest BCUT2D eigenvalue weighted by Gasteiger charge is 2.32. The molecular weight excluding hydrogens is 298 g/mol. The Balaban J connectivity index is 2.17. The average molecular weight is 320 g/mol. The lowest BCUT2D eigenvalue weighted by atomic mass is 9.83. The van der Waals surface area contributed by atoms with Gasteiger partial charge in [0, 0.05) is 12.3 Å². The summed E-state index contributed by atoms with van der Waals surface area (Å²) in [7, 11) is 0. The number of halogens is 1. The maximum Gasteiger partial charge on any atom is 0.134 e. The predicted molar refractivity (Wildman–Crippen MR) is 89.9 cm³/mol. The quantitative estimate of drug-likeness (QED) is 0.714. The smallest absolute Gasteiger partial charge is 0.134 e. The van der Waals surface area contributed by atoms with E-state index in [-0.39, 0.29) is 23.1 Å². The van der Waals surface area contributed by atoms with Gasteiger partial charge >= 0.3 is 0 Å². The fourth-order valence-electron chi connectivity index (χ4n) is 2.73. The van der Waals surface area contributed by atoms with Crippen LogP contribution in [-0.2, 0) is 12.8 Å². The van der Waals surface area contributed by atoms with Crippen LogP contribution in [0.4, 0.5) is 0 Å². The summed E-state index contributed by atoms with van der Waals surface area (Å²) in [5.74, 6) is -0.0978. The highest BCUT2D eigenvalue weighted by molar-refractivity contribution is 6.32. The summed E-state index contributed by atoms with van der Waals surface area (Å²) in [5, 5.41) is 20.7. The van der Waals surface area contributed by atoms with Crippen LogP contribution in [0, 0.1) is 5.92 Å². The molecule has 0 aliphatic rings. The zero-order valence-electron chi connectivity index (χ0n) is 12.7. The van der Waals surface area contributed by atoms with E-state index in [9.17, 15) is 10.2 Å². The van der Waals surface area contributed by atoms with Crippen molar-refractivity contribution >= 4 is 11.6 Å². The third-order valence-electron chi connectivity index (χ3n) is 4.06. The second-order valence-electron chi connectivity index (χ2n) is 5.71. The summed E-state index contributed by atoms with van der Waals surface area (Å²) in [6.45, 7) is 2.01. The number of hydrogen-bond donors (Lipinski definition) is 3. The van der Waals surface area contributed by atoms with Crippen LogP contribution < -0.4 is 5.73 Å². The summed E-state index contributed by atoms with van der Waals surface area (Å²) >= 11 is 6.09. The second-order valence-corrected chi connectivity index (χ2v) is 6.09. The van der Waals surface area contributed by atoms with Crippen LogP contribution in [0.25, 0.3) is 0 Å². The van der Waals surface area contributed by atoms with Gasteiger partial charge in [0.05, 0.1) is 5.02 Å². The van der Waals surface area contributed by atoms with Gasteiger partial charge in [0.15, 0.2) is 0 Å². The largest absolute Gasteiger partial charge is 0.506 e. The molecule has 0 radical (unpaired) electrons. The summed E-state index contributed by atoms with van der Waals surface area (Å²) in [5.41, 5.74) is 6.59. The number of hydrogen-bond acceptors (Lipinski definition) is 3. The Labute approximate surface area is 136 Å². The molecule has 2 atom stereocenters. The Hall–Kier alpha value is -1.55. The second kappa shape index (κ2) is 7.14. The number of aromatic hydroxyl groups is 1. The fraction of sp³-hybridized carbons (Fsp3) is 0.333. The molecular formula is C18H22ClNO2. The van der Waals surface area contributed by atoms with Gasteiger partial charge in [-0.25, -0.2) is 0 Å². The van der Waals surface area contributed by atoms with Gasteiger partial charge in [-0.1, -0.05) is 61.0 Å². The summed E-state index contributed by atoms with van der Waals surface area (Å²) in [4.78, 5) is 0. The van der Waals surface area contributed by atoms with E-state index in [0.717, 1.165) is 12.0 Å². The lowest BCUT2D eigenvalue weighted by Crippen LogP contribution is -2.49. The Morgan fingerprint density at radius 1 is 1.14 bits per heavy atom. The van der Waals surface area contributed by atoms with E-state index < -0.39 is 5.72 Å². The highest BCUT2D eigenvalue weighted by atomic mass is 35.5. The van der Waals surface area contributed by atoms with Crippen LogP contribution >= 0.6 is 11.6 Å². The van der Waals surface area contributed by atoms with Gasteiger partial charge in [0.2, 0.25) is 0 Å². The Morgan fingerprint density at radius 2 is 1.82 bits per heavy atom. The van der Waals surface area contributed by atoms with E-state index in [1.54, 1.807) is 12.1 Å². The van der Waals surface area contributed by atoms with Gasteiger partial charge in [-0.15, -0.1) is 0 Å². The minimum absolute atomic E-state index is 0.00562. The molecule has 0 heterocycles. The van der Waals surface area contributed by atoms with Gasteiger partial charge in [0.1, 0.15) is 11.5 Å². The Morgan fingerprint density at radius 3 is 2.45 bits per heavy atom. The molecule has 2 aromatic rings. The fourth-order valence-corrected chi connectivity index (χ4v) is 2.92. The Kier molecular flexibility index (Phi) is 5.46. The first-order valence-corrected chi connectivity index (χ1v) is 7.83. The van der Waals surface area contributed by atoms with Crippen molar-refractivity contribution in [1.82, 2.24) is 0 Å². The molecule has 0 aliphatic carbocycles. The van der Waals surface area contributed by atoms with E-state index in [4.69, 9.17) is 17.3 Å². The number of nitrogens with two attached hydrogens (primary N) is 1. The van der Waals surface area contributed by atoms with Crippen molar-refractivity contribution in [3.63, 3.8) is 0 Å². The molecule has 0 aliphatic heterocycles. The lowest BCUT2D eigenvalue weighted by molar-refractivity contribution is -0.0145. The lowest BCUT2D eigenvalue weighted by Gasteiger charge is -2.32. The van der Waals surface area contributed by atoms with Crippen molar-refractivity contribution in [3.05, 3.63) is 64.7 Å². The zero-order valence-corrected chi connectivity index (χ0v) is 13.4. The monoisotopic (exact) mass is 319 g/mol. The highest BCUT2D eigenvalue weighted by Crippen LogP contribution is 2.31. The molecule has 0 bridgehead atoms. The van der Waals surface area contributed by atoms with Crippen molar-refractivity contribution in [2.75, 3.05) is 0 Å². The van der Waals surface area contributed by atoms with Crippen LogP contribution in [0.5, 0.6) is 5.75 Å².